The van der Waals surface area contributed by atoms with E-state index in [0.717, 1.165) is 16.7 Å². The van der Waals surface area contributed by atoms with Crippen molar-refractivity contribution in [1.29, 1.82) is 0 Å². The maximum Gasteiger partial charge on any atom is 0.322 e. The molecule has 2 aromatic carbocycles. The fourth-order valence-corrected chi connectivity index (χ4v) is 2.22. The van der Waals surface area contributed by atoms with Crippen LogP contribution in [0.5, 0.6) is 0 Å². The normalized spacial score (nSPS) is 11.3. The van der Waals surface area contributed by atoms with Crippen LogP contribution in [0.25, 0.3) is 11.1 Å². The van der Waals surface area contributed by atoms with Crippen LogP contribution in [0.15, 0.2) is 48.5 Å². The van der Waals surface area contributed by atoms with E-state index >= 15 is 0 Å². The molecule has 4 nitrogen and oxygen atoms in total. The largest absolute Gasteiger partial charge is 0.468 e. The lowest BCUT2D eigenvalue weighted by Gasteiger charge is -2.10. The highest BCUT2D eigenvalue weighted by Gasteiger charge is 2.14. The highest BCUT2D eigenvalue weighted by atomic mass is 35.5. The van der Waals surface area contributed by atoms with Crippen molar-refractivity contribution in [2.45, 2.75) is 19.4 Å². The van der Waals surface area contributed by atoms with E-state index in [0.29, 0.717) is 12.0 Å². The highest BCUT2D eigenvalue weighted by molar-refractivity contribution is 5.94. The zero-order chi connectivity index (χ0) is 16.1. The number of hydrogen-bond acceptors (Lipinski definition) is 4. The molecule has 5 heteroatoms. The Kier molecular flexibility index (Phi) is 6.94. The van der Waals surface area contributed by atoms with Crippen molar-refractivity contribution in [3.8, 4) is 11.1 Å². The molecule has 23 heavy (non-hydrogen) atoms. The summed E-state index contributed by atoms with van der Waals surface area (Å²) < 4.78 is 4.62. The minimum Gasteiger partial charge on any atom is -0.468 e. The summed E-state index contributed by atoms with van der Waals surface area (Å²) in [6, 6.07) is 14.7. The molecule has 0 aliphatic rings. The van der Waals surface area contributed by atoms with Crippen LogP contribution in [-0.2, 0) is 16.0 Å². The summed E-state index contributed by atoms with van der Waals surface area (Å²) >= 11 is 0. The number of hydrogen-bond donors (Lipinski definition) is 1. The van der Waals surface area contributed by atoms with E-state index in [4.69, 9.17) is 5.73 Å². The van der Waals surface area contributed by atoms with Crippen molar-refractivity contribution in [3.63, 3.8) is 0 Å². The minimum atomic E-state index is -0.647. The summed E-state index contributed by atoms with van der Waals surface area (Å²) in [6.07, 6.45) is 0.441. The van der Waals surface area contributed by atoms with Gasteiger partial charge in [-0.3, -0.25) is 9.59 Å². The van der Waals surface area contributed by atoms with Crippen LogP contribution in [0.4, 0.5) is 0 Å². The SMILES string of the molecule is COC(=O)[C@@H](N)Cc1ccc(-c2ccc(C(C)=O)cc2)cc1.Cl. The first-order valence-electron chi connectivity index (χ1n) is 7.05. The van der Waals surface area contributed by atoms with Crippen LogP contribution in [-0.4, -0.2) is 24.9 Å². The molecule has 0 aliphatic carbocycles. The Morgan fingerprint density at radius 1 is 1.00 bits per heavy atom. The molecule has 122 valence electrons. The molecule has 0 amide bonds. The summed E-state index contributed by atoms with van der Waals surface area (Å²) in [7, 11) is 1.33. The predicted octanol–water partition coefficient (Wildman–Crippen LogP) is 3.02. The van der Waals surface area contributed by atoms with E-state index in [2.05, 4.69) is 4.74 Å². The second kappa shape index (κ2) is 8.46. The minimum absolute atomic E-state index is 0. The van der Waals surface area contributed by atoms with Gasteiger partial charge in [-0.15, -0.1) is 12.4 Å². The van der Waals surface area contributed by atoms with Gasteiger partial charge in [0.2, 0.25) is 0 Å². The summed E-state index contributed by atoms with van der Waals surface area (Å²) in [5.74, 6) is -0.359. The molecule has 2 rings (SSSR count). The highest BCUT2D eigenvalue weighted by Crippen LogP contribution is 2.21. The van der Waals surface area contributed by atoms with E-state index < -0.39 is 12.0 Å². The molecule has 0 saturated heterocycles. The van der Waals surface area contributed by atoms with Crippen LogP contribution in [0, 0.1) is 0 Å². The summed E-state index contributed by atoms with van der Waals surface area (Å²) in [6.45, 7) is 1.55. The monoisotopic (exact) mass is 333 g/mol. The average molecular weight is 334 g/mol. The van der Waals surface area contributed by atoms with Crippen molar-refractivity contribution < 1.29 is 14.3 Å². The number of carbonyl (C=O) groups excluding carboxylic acids is 2. The van der Waals surface area contributed by atoms with Gasteiger partial charge in [0.25, 0.3) is 0 Å². The van der Waals surface area contributed by atoms with Crippen molar-refractivity contribution in [1.82, 2.24) is 0 Å². The molecule has 0 bridgehead atoms. The molecule has 0 saturated carbocycles. The van der Waals surface area contributed by atoms with Gasteiger partial charge in [-0.05, 0) is 30.0 Å². The van der Waals surface area contributed by atoms with E-state index in [1.165, 1.54) is 7.11 Å². The fraction of sp³-hybridized carbons (Fsp3) is 0.222. The smallest absolute Gasteiger partial charge is 0.322 e. The summed E-state index contributed by atoms with van der Waals surface area (Å²) in [4.78, 5) is 22.6. The van der Waals surface area contributed by atoms with Gasteiger partial charge in [0.05, 0.1) is 7.11 Å². The standard InChI is InChI=1S/C18H19NO3.ClH/c1-12(20)14-7-9-16(10-8-14)15-5-3-13(4-6-15)11-17(19)18(21)22-2;/h3-10,17H,11,19H2,1-2H3;1H/t17-;/m0./s1. The average Bonchev–Trinajstić information content (AvgIpc) is 2.54. The lowest BCUT2D eigenvalue weighted by Crippen LogP contribution is -2.33. The van der Waals surface area contributed by atoms with Crippen LogP contribution in [0.3, 0.4) is 0 Å². The maximum absolute atomic E-state index is 11.3. The third kappa shape index (κ3) is 4.91. The fourth-order valence-electron chi connectivity index (χ4n) is 2.22. The van der Waals surface area contributed by atoms with Crippen LogP contribution >= 0.6 is 12.4 Å². The number of esters is 1. The zero-order valence-electron chi connectivity index (χ0n) is 13.1. The van der Waals surface area contributed by atoms with Crippen molar-refractivity contribution in [3.05, 3.63) is 59.7 Å². The van der Waals surface area contributed by atoms with Crippen LogP contribution < -0.4 is 5.73 Å². The molecule has 0 unspecified atom stereocenters. The van der Waals surface area contributed by atoms with Gasteiger partial charge in [-0.25, -0.2) is 0 Å². The van der Waals surface area contributed by atoms with E-state index in [9.17, 15) is 9.59 Å². The number of ether oxygens (including phenoxy) is 1. The molecule has 0 aromatic heterocycles. The third-order valence-electron chi connectivity index (χ3n) is 3.54. The Morgan fingerprint density at radius 2 is 1.48 bits per heavy atom. The van der Waals surface area contributed by atoms with Crippen molar-refractivity contribution >= 4 is 24.2 Å². The van der Waals surface area contributed by atoms with Crippen LogP contribution in [0.1, 0.15) is 22.8 Å². The molecule has 0 radical (unpaired) electrons. The number of ketones is 1. The van der Waals surface area contributed by atoms with E-state index in [1.807, 2.05) is 48.5 Å². The number of nitrogens with two attached hydrogens (primary N) is 1. The van der Waals surface area contributed by atoms with Gasteiger partial charge in [-0.1, -0.05) is 48.5 Å². The van der Waals surface area contributed by atoms with Gasteiger partial charge in [0.15, 0.2) is 5.78 Å². The molecule has 2 aromatic rings. The third-order valence-corrected chi connectivity index (χ3v) is 3.54. The summed E-state index contributed by atoms with van der Waals surface area (Å²) in [5, 5.41) is 0. The molecular weight excluding hydrogens is 314 g/mol. The lowest BCUT2D eigenvalue weighted by atomic mass is 9.99. The second-order valence-corrected chi connectivity index (χ2v) is 5.16. The quantitative estimate of drug-likeness (QED) is 0.674. The van der Waals surface area contributed by atoms with Gasteiger partial charge in [0, 0.05) is 5.56 Å². The van der Waals surface area contributed by atoms with Gasteiger partial charge < -0.3 is 10.5 Å². The number of halogens is 1. The topological polar surface area (TPSA) is 69.4 Å². The number of rotatable bonds is 5. The Balaban J connectivity index is 0.00000264. The Bertz CT molecular complexity index is 666. The zero-order valence-corrected chi connectivity index (χ0v) is 13.9. The van der Waals surface area contributed by atoms with E-state index in [1.54, 1.807) is 6.92 Å². The first kappa shape index (κ1) is 18.9. The lowest BCUT2D eigenvalue weighted by molar-refractivity contribution is -0.142. The predicted molar refractivity (Wildman–Crippen MR) is 92.8 cm³/mol. The number of methoxy groups -OCH3 is 1. The van der Waals surface area contributed by atoms with Crippen LogP contribution in [0.2, 0.25) is 0 Å². The molecule has 0 heterocycles. The maximum atomic E-state index is 11.3. The molecule has 1 atom stereocenters. The Hall–Kier alpha value is -2.17. The molecule has 2 N–H and O–H groups in total. The molecule has 0 fully saturated rings. The van der Waals surface area contributed by atoms with Crippen molar-refractivity contribution in [2.75, 3.05) is 7.11 Å². The van der Waals surface area contributed by atoms with Gasteiger partial charge in [-0.2, -0.15) is 0 Å². The summed E-state index contributed by atoms with van der Waals surface area (Å²) in [5.41, 5.74) is 9.50. The van der Waals surface area contributed by atoms with Crippen molar-refractivity contribution in [2.24, 2.45) is 5.73 Å². The molecular formula is C18H20ClNO3. The number of benzene rings is 2. The van der Waals surface area contributed by atoms with Gasteiger partial charge >= 0.3 is 5.97 Å². The number of Topliss-reactive ketones (excluding diaryl/α,β-unsaturated/α-hetero) is 1. The molecule has 0 aliphatic heterocycles. The van der Waals surface area contributed by atoms with Gasteiger partial charge in [0.1, 0.15) is 6.04 Å². The second-order valence-electron chi connectivity index (χ2n) is 5.16. The number of carbonyl (C=O) groups is 2. The van der Waals surface area contributed by atoms with E-state index in [-0.39, 0.29) is 18.2 Å². The first-order valence-corrected chi connectivity index (χ1v) is 7.05. The Labute approximate surface area is 142 Å². The molecule has 0 spiro atoms. The Morgan fingerprint density at radius 3 is 1.91 bits per heavy atom. The first-order chi connectivity index (χ1) is 10.5.